The molecule has 1 fully saturated rings. The first kappa shape index (κ1) is 16.6. The summed E-state index contributed by atoms with van der Waals surface area (Å²) in [6.07, 6.45) is 0.794. The molecule has 1 aliphatic rings. The molecule has 1 N–H and O–H groups in total. The Labute approximate surface area is 142 Å². The van der Waals surface area contributed by atoms with Crippen molar-refractivity contribution in [1.82, 2.24) is 5.32 Å². The predicted molar refractivity (Wildman–Crippen MR) is 95.5 cm³/mol. The molecular weight excluding hydrogens is 326 g/mol. The van der Waals surface area contributed by atoms with Gasteiger partial charge in [-0.05, 0) is 48.7 Å². The van der Waals surface area contributed by atoms with Crippen LogP contribution in [0.15, 0.2) is 64.4 Å². The lowest BCUT2D eigenvalue weighted by Crippen LogP contribution is -2.23. The molecule has 0 spiro atoms. The van der Waals surface area contributed by atoms with Crippen molar-refractivity contribution in [2.45, 2.75) is 22.8 Å². The second-order valence-electron chi connectivity index (χ2n) is 5.96. The Morgan fingerprint density at radius 3 is 2.35 bits per heavy atom. The number of hydrogen-bond acceptors (Lipinski definition) is 4. The summed E-state index contributed by atoms with van der Waals surface area (Å²) in [5, 5.41) is 3.38. The number of sulfone groups is 1. The minimum Gasteiger partial charge on any atom is -0.312 e. The summed E-state index contributed by atoms with van der Waals surface area (Å²) < 4.78 is 22.9. The average molecular weight is 348 g/mol. The van der Waals surface area contributed by atoms with Gasteiger partial charge in [-0.1, -0.05) is 42.1 Å². The van der Waals surface area contributed by atoms with Gasteiger partial charge in [0.25, 0.3) is 0 Å². The van der Waals surface area contributed by atoms with Gasteiger partial charge in [0.15, 0.2) is 9.84 Å². The minimum atomic E-state index is -2.77. The second-order valence-corrected chi connectivity index (χ2v) is 9.33. The standard InChI is InChI=1S/C18H21NO2S2/c20-23(21)11-10-16(14-23)13-19-12-15-6-8-18(9-7-15)22-17-4-2-1-3-5-17/h1-9,16,19H,10-14H2/t16-/m1/s1. The first-order chi connectivity index (χ1) is 11.1. The van der Waals surface area contributed by atoms with E-state index in [2.05, 4.69) is 41.7 Å². The van der Waals surface area contributed by atoms with Crippen molar-refractivity contribution in [2.75, 3.05) is 18.1 Å². The van der Waals surface area contributed by atoms with E-state index >= 15 is 0 Å². The maximum absolute atomic E-state index is 11.4. The molecule has 2 aromatic carbocycles. The van der Waals surface area contributed by atoms with Crippen molar-refractivity contribution < 1.29 is 8.42 Å². The van der Waals surface area contributed by atoms with Gasteiger partial charge in [0.2, 0.25) is 0 Å². The lowest BCUT2D eigenvalue weighted by molar-refractivity contribution is 0.521. The fraction of sp³-hybridized carbons (Fsp3) is 0.333. The highest BCUT2D eigenvalue weighted by Crippen LogP contribution is 2.27. The maximum atomic E-state index is 11.4. The van der Waals surface area contributed by atoms with Crippen molar-refractivity contribution in [3.8, 4) is 0 Å². The lowest BCUT2D eigenvalue weighted by Gasteiger charge is -2.10. The Kier molecular flexibility index (Phi) is 5.41. The summed E-state index contributed by atoms with van der Waals surface area (Å²) >= 11 is 1.75. The van der Waals surface area contributed by atoms with Crippen LogP contribution in [-0.2, 0) is 16.4 Å². The number of nitrogens with one attached hydrogen (secondary N) is 1. The van der Waals surface area contributed by atoms with Crippen LogP contribution in [0, 0.1) is 5.92 Å². The monoisotopic (exact) mass is 347 g/mol. The number of benzene rings is 2. The first-order valence-electron chi connectivity index (χ1n) is 7.84. The van der Waals surface area contributed by atoms with E-state index in [1.54, 1.807) is 11.8 Å². The third kappa shape index (κ3) is 5.09. The van der Waals surface area contributed by atoms with E-state index in [0.717, 1.165) is 19.5 Å². The van der Waals surface area contributed by atoms with Gasteiger partial charge in [0.05, 0.1) is 11.5 Å². The minimum absolute atomic E-state index is 0.271. The van der Waals surface area contributed by atoms with E-state index in [0.29, 0.717) is 11.5 Å². The molecular formula is C18H21NO2S2. The van der Waals surface area contributed by atoms with Crippen LogP contribution in [0.1, 0.15) is 12.0 Å². The Balaban J connectivity index is 1.46. The Bertz CT molecular complexity index is 727. The number of rotatable bonds is 6. The highest BCUT2D eigenvalue weighted by molar-refractivity contribution is 7.99. The normalized spacial score (nSPS) is 19.7. The summed E-state index contributed by atoms with van der Waals surface area (Å²) in [6, 6.07) is 18.9. The molecule has 23 heavy (non-hydrogen) atoms. The third-order valence-electron chi connectivity index (χ3n) is 3.99. The van der Waals surface area contributed by atoms with Crippen molar-refractivity contribution in [3.05, 3.63) is 60.2 Å². The molecule has 1 heterocycles. The van der Waals surface area contributed by atoms with Crippen LogP contribution in [0.2, 0.25) is 0 Å². The van der Waals surface area contributed by atoms with E-state index in [1.807, 2.05) is 18.2 Å². The molecule has 0 radical (unpaired) electrons. The smallest absolute Gasteiger partial charge is 0.150 e. The molecule has 2 aromatic rings. The molecule has 1 atom stereocenters. The topological polar surface area (TPSA) is 46.2 Å². The molecule has 3 rings (SSSR count). The molecule has 1 aliphatic heterocycles. The summed E-state index contributed by atoms with van der Waals surface area (Å²) in [5.74, 6) is 0.963. The highest BCUT2D eigenvalue weighted by Gasteiger charge is 2.27. The lowest BCUT2D eigenvalue weighted by atomic mass is 10.1. The quantitative estimate of drug-likeness (QED) is 0.870. The molecule has 5 heteroatoms. The molecule has 0 bridgehead atoms. The average Bonchev–Trinajstić information content (AvgIpc) is 2.89. The van der Waals surface area contributed by atoms with Gasteiger partial charge in [0.1, 0.15) is 0 Å². The summed E-state index contributed by atoms with van der Waals surface area (Å²) in [4.78, 5) is 2.46. The fourth-order valence-electron chi connectivity index (χ4n) is 2.75. The van der Waals surface area contributed by atoms with Crippen LogP contribution in [0.5, 0.6) is 0 Å². The summed E-state index contributed by atoms with van der Waals surface area (Å²) in [6.45, 7) is 1.56. The van der Waals surface area contributed by atoms with Crippen molar-refractivity contribution in [2.24, 2.45) is 5.92 Å². The summed E-state index contributed by atoms with van der Waals surface area (Å²) in [7, 11) is -2.77. The van der Waals surface area contributed by atoms with Crippen molar-refractivity contribution >= 4 is 21.6 Å². The third-order valence-corrected chi connectivity index (χ3v) is 6.84. The highest BCUT2D eigenvalue weighted by atomic mass is 32.2. The molecule has 0 unspecified atom stereocenters. The van der Waals surface area contributed by atoms with E-state index in [9.17, 15) is 8.42 Å². The van der Waals surface area contributed by atoms with Crippen molar-refractivity contribution in [1.29, 1.82) is 0 Å². The van der Waals surface area contributed by atoms with Gasteiger partial charge in [-0.25, -0.2) is 8.42 Å². The zero-order chi connectivity index (χ0) is 16.1. The van der Waals surface area contributed by atoms with Crippen LogP contribution in [0.25, 0.3) is 0 Å². The van der Waals surface area contributed by atoms with Crippen LogP contribution >= 0.6 is 11.8 Å². The molecule has 0 aliphatic carbocycles. The maximum Gasteiger partial charge on any atom is 0.150 e. The molecule has 1 saturated heterocycles. The SMILES string of the molecule is O=S1(=O)CC[C@H](CNCc2ccc(Sc3ccccc3)cc2)C1. The van der Waals surface area contributed by atoms with Crippen LogP contribution in [0.3, 0.4) is 0 Å². The summed E-state index contributed by atoms with van der Waals surface area (Å²) in [5.41, 5.74) is 1.23. The second kappa shape index (κ2) is 7.51. The first-order valence-corrected chi connectivity index (χ1v) is 10.5. The van der Waals surface area contributed by atoms with Crippen LogP contribution in [-0.4, -0.2) is 26.5 Å². The molecule has 122 valence electrons. The van der Waals surface area contributed by atoms with Gasteiger partial charge < -0.3 is 5.32 Å². The van der Waals surface area contributed by atoms with Gasteiger partial charge in [0, 0.05) is 16.3 Å². The van der Waals surface area contributed by atoms with Crippen molar-refractivity contribution in [3.63, 3.8) is 0 Å². The zero-order valence-corrected chi connectivity index (χ0v) is 14.6. The zero-order valence-electron chi connectivity index (χ0n) is 12.9. The number of hydrogen-bond donors (Lipinski definition) is 1. The fourth-order valence-corrected chi connectivity index (χ4v) is 5.45. The van der Waals surface area contributed by atoms with Gasteiger partial charge in [-0.15, -0.1) is 0 Å². The molecule has 3 nitrogen and oxygen atoms in total. The largest absolute Gasteiger partial charge is 0.312 e. The molecule has 0 aromatic heterocycles. The molecule has 0 amide bonds. The van der Waals surface area contributed by atoms with Crippen LogP contribution < -0.4 is 5.32 Å². The predicted octanol–water partition coefficient (Wildman–Crippen LogP) is 3.36. The molecule has 0 saturated carbocycles. The Morgan fingerprint density at radius 1 is 1.00 bits per heavy atom. The van der Waals surface area contributed by atoms with E-state index in [1.165, 1.54) is 15.4 Å². The van der Waals surface area contributed by atoms with E-state index < -0.39 is 9.84 Å². The van der Waals surface area contributed by atoms with Gasteiger partial charge in [-0.2, -0.15) is 0 Å². The van der Waals surface area contributed by atoms with Gasteiger partial charge in [-0.3, -0.25) is 0 Å². The van der Waals surface area contributed by atoms with E-state index in [4.69, 9.17) is 0 Å². The Morgan fingerprint density at radius 2 is 1.70 bits per heavy atom. The van der Waals surface area contributed by atoms with E-state index in [-0.39, 0.29) is 5.92 Å². The van der Waals surface area contributed by atoms with Crippen LogP contribution in [0.4, 0.5) is 0 Å². The van der Waals surface area contributed by atoms with Gasteiger partial charge >= 0.3 is 0 Å². The Hall–Kier alpha value is -1.30.